The fourth-order valence-electron chi connectivity index (χ4n) is 10.4. The number of phenolic OH excluding ortho intramolecular Hbond substituents is 2. The fraction of sp³-hybridized carbons (Fsp3) is 0.407. The summed E-state index contributed by atoms with van der Waals surface area (Å²) in [5, 5.41) is 24.6. The molecule has 0 radical (unpaired) electrons. The number of nitrogens with zero attached hydrogens (tertiary/aromatic N) is 2. The van der Waals surface area contributed by atoms with Gasteiger partial charge < -0.3 is 20.0 Å². The van der Waals surface area contributed by atoms with Gasteiger partial charge in [-0.05, 0) is 120 Å². The van der Waals surface area contributed by atoms with Crippen molar-refractivity contribution in [3.05, 3.63) is 164 Å². The highest BCUT2D eigenvalue weighted by Gasteiger charge is 2.46. The average Bonchev–Trinajstić information content (AvgIpc) is 3.61. The van der Waals surface area contributed by atoms with Crippen LogP contribution in [0.2, 0.25) is 0 Å². The molecule has 0 heterocycles. The first kappa shape index (κ1) is 40.2. The van der Waals surface area contributed by atoms with Crippen LogP contribution in [0.1, 0.15) is 137 Å². The molecule has 0 amide bonds. The maximum atomic E-state index is 12.3. The van der Waals surface area contributed by atoms with Gasteiger partial charge in [-0.3, -0.25) is 0 Å². The minimum atomic E-state index is -0.437. The van der Waals surface area contributed by atoms with Crippen LogP contribution in [0.5, 0.6) is 11.5 Å². The van der Waals surface area contributed by atoms with Gasteiger partial charge in [-0.1, -0.05) is 139 Å². The standard InChI is InChI=1S/C54H64N2O2/c1-51(2,3)37-29-35(49(57)47(31-37)53(7)43-23-15-11-19-39(43)40-20-12-16-24-44(40)53)33-55(9)27-28-56(10)34-36-30-38(52(4,5)6)32-48(50(36)58)54(8)45-25-17-13-21-41(45)42-22-14-18-26-46(42)54/h11,13,15-19,21,23-26,29-32,57-58H,12,14,20,22,27-28,33-34H2,1-10H3. The van der Waals surface area contributed by atoms with E-state index < -0.39 is 10.8 Å². The molecule has 4 aliphatic rings. The maximum absolute atomic E-state index is 12.3. The summed E-state index contributed by atoms with van der Waals surface area (Å²) in [6.07, 6.45) is 13.4. The fourth-order valence-corrected chi connectivity index (χ4v) is 10.4. The lowest BCUT2D eigenvalue weighted by Gasteiger charge is -2.34. The van der Waals surface area contributed by atoms with Gasteiger partial charge in [0.25, 0.3) is 0 Å². The molecule has 0 fully saturated rings. The molecule has 0 aromatic heterocycles. The predicted octanol–water partition coefficient (Wildman–Crippen LogP) is 12.1. The van der Waals surface area contributed by atoms with Crippen molar-refractivity contribution in [1.82, 2.24) is 9.80 Å². The number of hydrogen-bond acceptors (Lipinski definition) is 4. The Morgan fingerprint density at radius 2 is 0.931 bits per heavy atom. The molecular formula is C54H64N2O2. The topological polar surface area (TPSA) is 46.9 Å². The van der Waals surface area contributed by atoms with Gasteiger partial charge in [0.1, 0.15) is 11.5 Å². The summed E-state index contributed by atoms with van der Waals surface area (Å²) in [5.74, 6) is 0.811. The number of hydrogen-bond donors (Lipinski definition) is 2. The van der Waals surface area contributed by atoms with E-state index in [1.54, 1.807) is 0 Å². The molecule has 0 bridgehead atoms. The normalized spacial score (nSPS) is 21.2. The molecule has 4 aromatic rings. The van der Waals surface area contributed by atoms with Crippen LogP contribution in [0.25, 0.3) is 11.1 Å². The summed E-state index contributed by atoms with van der Waals surface area (Å²) < 4.78 is 0. The van der Waals surface area contributed by atoms with Gasteiger partial charge in [0.15, 0.2) is 0 Å². The van der Waals surface area contributed by atoms with Crippen molar-refractivity contribution in [2.75, 3.05) is 27.2 Å². The van der Waals surface area contributed by atoms with Gasteiger partial charge in [-0.25, -0.2) is 0 Å². The van der Waals surface area contributed by atoms with E-state index in [9.17, 15) is 10.2 Å². The van der Waals surface area contributed by atoms with Crippen molar-refractivity contribution in [2.24, 2.45) is 0 Å². The van der Waals surface area contributed by atoms with Gasteiger partial charge in [-0.15, -0.1) is 0 Å². The van der Waals surface area contributed by atoms with Crippen LogP contribution in [0.4, 0.5) is 0 Å². The van der Waals surface area contributed by atoms with Crippen molar-refractivity contribution in [2.45, 2.75) is 116 Å². The van der Waals surface area contributed by atoms with Crippen LogP contribution in [-0.4, -0.2) is 47.2 Å². The molecular weight excluding hydrogens is 709 g/mol. The van der Waals surface area contributed by atoms with E-state index in [2.05, 4.69) is 176 Å². The van der Waals surface area contributed by atoms with E-state index in [4.69, 9.17) is 0 Å². The highest BCUT2D eigenvalue weighted by molar-refractivity contribution is 5.87. The molecule has 0 aliphatic heterocycles. The van der Waals surface area contributed by atoms with Gasteiger partial charge in [-0.2, -0.15) is 0 Å². The molecule has 302 valence electrons. The smallest absolute Gasteiger partial charge is 0.124 e. The Morgan fingerprint density at radius 3 is 1.31 bits per heavy atom. The first-order valence-electron chi connectivity index (χ1n) is 21.5. The summed E-state index contributed by atoms with van der Waals surface area (Å²) in [5.41, 5.74) is 16.1. The molecule has 4 heteroatoms. The van der Waals surface area contributed by atoms with Crippen molar-refractivity contribution in [3.63, 3.8) is 0 Å². The number of fused-ring (bicyclic) bond motifs is 4. The monoisotopic (exact) mass is 772 g/mol. The van der Waals surface area contributed by atoms with E-state index in [1.165, 1.54) is 55.7 Å². The second-order valence-corrected chi connectivity index (χ2v) is 20.0. The first-order chi connectivity index (χ1) is 27.4. The third-order valence-corrected chi connectivity index (χ3v) is 13.9. The summed E-state index contributed by atoms with van der Waals surface area (Å²) in [4.78, 5) is 4.66. The van der Waals surface area contributed by atoms with E-state index in [0.29, 0.717) is 24.6 Å². The lowest BCUT2D eigenvalue weighted by Crippen LogP contribution is -2.31. The molecule has 4 aromatic carbocycles. The number of phenols is 2. The highest BCUT2D eigenvalue weighted by Crippen LogP contribution is 2.57. The second-order valence-electron chi connectivity index (χ2n) is 20.0. The summed E-state index contributed by atoms with van der Waals surface area (Å²) in [6, 6.07) is 26.7. The minimum absolute atomic E-state index is 0.0877. The lowest BCUT2D eigenvalue weighted by atomic mass is 9.70. The van der Waals surface area contributed by atoms with E-state index in [1.807, 2.05) is 0 Å². The second kappa shape index (κ2) is 14.6. The maximum Gasteiger partial charge on any atom is 0.124 e. The highest BCUT2D eigenvalue weighted by atomic mass is 16.3. The van der Waals surface area contributed by atoms with Gasteiger partial charge in [0.05, 0.1) is 0 Å². The SMILES string of the molecule is CN(CCN(C)Cc1cc(C(C)(C)C)cc(C2(C)C3=C(CCC=C3)c3ccccc32)c1O)Cc1cc(C(C)(C)C)cc(C2(C)C3=C(CCC=C3)c3ccccc32)c1O. The Bertz CT molecular complexity index is 2240. The van der Waals surface area contributed by atoms with Gasteiger partial charge in [0, 0.05) is 59.3 Å². The summed E-state index contributed by atoms with van der Waals surface area (Å²) >= 11 is 0. The first-order valence-corrected chi connectivity index (χ1v) is 21.5. The molecule has 2 unspecified atom stereocenters. The Morgan fingerprint density at radius 1 is 0.552 bits per heavy atom. The minimum Gasteiger partial charge on any atom is -0.507 e. The van der Waals surface area contributed by atoms with Gasteiger partial charge >= 0.3 is 0 Å². The number of rotatable bonds is 9. The van der Waals surface area contributed by atoms with Crippen molar-refractivity contribution in [3.8, 4) is 11.5 Å². The van der Waals surface area contributed by atoms with Crippen molar-refractivity contribution < 1.29 is 10.2 Å². The number of allylic oxidation sites excluding steroid dienone is 8. The Labute approximate surface area is 348 Å². The Balaban J connectivity index is 1.07. The lowest BCUT2D eigenvalue weighted by molar-refractivity contribution is 0.243. The van der Waals surface area contributed by atoms with Crippen LogP contribution in [0.3, 0.4) is 0 Å². The number of aromatic hydroxyl groups is 2. The quantitative estimate of drug-likeness (QED) is 0.178. The zero-order chi connectivity index (χ0) is 41.4. The van der Waals surface area contributed by atoms with Gasteiger partial charge in [0.2, 0.25) is 0 Å². The number of likely N-dealkylation sites (N-methyl/N-ethyl adjacent to an activating group) is 2. The molecule has 2 atom stereocenters. The van der Waals surface area contributed by atoms with E-state index in [-0.39, 0.29) is 10.8 Å². The van der Waals surface area contributed by atoms with Crippen LogP contribution >= 0.6 is 0 Å². The average molecular weight is 773 g/mol. The van der Waals surface area contributed by atoms with Crippen LogP contribution in [0.15, 0.2) is 108 Å². The van der Waals surface area contributed by atoms with Crippen molar-refractivity contribution in [1.29, 1.82) is 0 Å². The molecule has 0 saturated heterocycles. The van der Waals surface area contributed by atoms with E-state index in [0.717, 1.165) is 61.0 Å². The van der Waals surface area contributed by atoms with Crippen LogP contribution < -0.4 is 0 Å². The van der Waals surface area contributed by atoms with E-state index >= 15 is 0 Å². The molecule has 0 saturated carbocycles. The molecule has 8 rings (SSSR count). The molecule has 4 nitrogen and oxygen atoms in total. The zero-order valence-electron chi connectivity index (χ0n) is 36.7. The third-order valence-electron chi connectivity index (χ3n) is 13.9. The number of benzene rings is 4. The largest absolute Gasteiger partial charge is 0.507 e. The molecule has 0 spiro atoms. The zero-order valence-corrected chi connectivity index (χ0v) is 36.7. The van der Waals surface area contributed by atoms with Crippen molar-refractivity contribution >= 4 is 11.1 Å². The third kappa shape index (κ3) is 6.61. The molecule has 58 heavy (non-hydrogen) atoms. The summed E-state index contributed by atoms with van der Waals surface area (Å²) in [6.45, 7) is 21.1. The molecule has 4 aliphatic carbocycles. The predicted molar refractivity (Wildman–Crippen MR) is 243 cm³/mol. The Kier molecular flexibility index (Phi) is 10.1. The Hall–Kier alpha value is -4.64. The van der Waals surface area contributed by atoms with Crippen LogP contribution in [-0.2, 0) is 34.7 Å². The molecule has 2 N–H and O–H groups in total. The van der Waals surface area contributed by atoms with Crippen LogP contribution in [0, 0.1) is 0 Å². The summed E-state index contributed by atoms with van der Waals surface area (Å²) in [7, 11) is 4.32.